The van der Waals surface area contributed by atoms with Crippen molar-refractivity contribution in [2.75, 3.05) is 6.61 Å². The molecule has 0 fully saturated rings. The van der Waals surface area contributed by atoms with E-state index in [2.05, 4.69) is 4.98 Å². The molecule has 3 N–H and O–H groups in total. The Bertz CT molecular complexity index is 905. The minimum Gasteiger partial charge on any atom is -0.478 e. The fourth-order valence-electron chi connectivity index (χ4n) is 2.70. The highest BCUT2D eigenvalue weighted by atomic mass is 16.5. The standard InChI is InChI=1S/C17H17BN2O5/c1-2-25-17-19-14-5-3-4-13(16(21)22)15(14)20(17)10-11-6-8-12(9-7-11)18(23)24/h3-9,23-24H,2,10H2,1H3,(H,21,22). The van der Waals surface area contributed by atoms with E-state index in [1.165, 1.54) is 6.07 Å². The second-order valence-electron chi connectivity index (χ2n) is 5.51. The van der Waals surface area contributed by atoms with Crippen molar-refractivity contribution in [3.63, 3.8) is 0 Å². The first kappa shape index (κ1) is 17.0. The van der Waals surface area contributed by atoms with Gasteiger partial charge in [0.15, 0.2) is 0 Å². The van der Waals surface area contributed by atoms with Crippen LogP contribution in [-0.4, -0.2) is 44.4 Å². The van der Waals surface area contributed by atoms with Gasteiger partial charge in [0.1, 0.15) is 0 Å². The minimum absolute atomic E-state index is 0.151. The molecule has 0 radical (unpaired) electrons. The average molecular weight is 340 g/mol. The lowest BCUT2D eigenvalue weighted by Gasteiger charge is -2.11. The molecule has 8 heteroatoms. The summed E-state index contributed by atoms with van der Waals surface area (Å²) in [6.07, 6.45) is 0. The quantitative estimate of drug-likeness (QED) is 0.575. The number of carboxylic acids is 1. The van der Waals surface area contributed by atoms with Crippen LogP contribution in [0.15, 0.2) is 42.5 Å². The molecule has 3 aromatic rings. The maximum Gasteiger partial charge on any atom is 0.488 e. The number of para-hydroxylation sites is 1. The van der Waals surface area contributed by atoms with Gasteiger partial charge >= 0.3 is 13.1 Å². The summed E-state index contributed by atoms with van der Waals surface area (Å²) in [4.78, 5) is 16.0. The second-order valence-corrected chi connectivity index (χ2v) is 5.51. The van der Waals surface area contributed by atoms with Crippen LogP contribution < -0.4 is 10.2 Å². The zero-order valence-electron chi connectivity index (χ0n) is 13.6. The van der Waals surface area contributed by atoms with E-state index in [1.54, 1.807) is 41.0 Å². The number of carbonyl (C=O) groups is 1. The summed E-state index contributed by atoms with van der Waals surface area (Å²) in [7, 11) is -1.53. The number of imidazole rings is 1. The molecule has 1 heterocycles. The monoisotopic (exact) mass is 340 g/mol. The maximum absolute atomic E-state index is 11.6. The first-order chi connectivity index (χ1) is 12.0. The SMILES string of the molecule is CCOc1nc2cccc(C(=O)O)c2n1Cc1ccc(B(O)O)cc1. The number of hydrogen-bond donors (Lipinski definition) is 3. The lowest BCUT2D eigenvalue weighted by molar-refractivity contribution is 0.0698. The zero-order chi connectivity index (χ0) is 18.0. The van der Waals surface area contributed by atoms with Gasteiger partial charge in [0.25, 0.3) is 6.01 Å². The van der Waals surface area contributed by atoms with E-state index in [9.17, 15) is 19.9 Å². The molecule has 1 aromatic heterocycles. The number of hydrogen-bond acceptors (Lipinski definition) is 5. The average Bonchev–Trinajstić information content (AvgIpc) is 2.93. The van der Waals surface area contributed by atoms with Crippen molar-refractivity contribution in [1.82, 2.24) is 9.55 Å². The van der Waals surface area contributed by atoms with Crippen molar-refractivity contribution < 1.29 is 24.7 Å². The lowest BCUT2D eigenvalue weighted by Crippen LogP contribution is -2.29. The zero-order valence-corrected chi connectivity index (χ0v) is 13.6. The molecular weight excluding hydrogens is 323 g/mol. The molecule has 0 aliphatic carbocycles. The van der Waals surface area contributed by atoms with Gasteiger partial charge in [0.05, 0.1) is 29.7 Å². The molecule has 0 atom stereocenters. The van der Waals surface area contributed by atoms with Gasteiger partial charge in [-0.1, -0.05) is 30.3 Å². The number of rotatable bonds is 6. The summed E-state index contributed by atoms with van der Waals surface area (Å²) in [6, 6.07) is 12.0. The van der Waals surface area contributed by atoms with Crippen molar-refractivity contribution in [3.8, 4) is 6.01 Å². The number of aromatic carboxylic acids is 1. The Morgan fingerprint density at radius 3 is 2.52 bits per heavy atom. The molecule has 0 saturated heterocycles. The number of benzene rings is 2. The Balaban J connectivity index is 2.09. The Kier molecular flexibility index (Phi) is 4.73. The van der Waals surface area contributed by atoms with Crippen molar-refractivity contribution in [3.05, 3.63) is 53.6 Å². The molecule has 0 saturated carbocycles. The van der Waals surface area contributed by atoms with Crippen molar-refractivity contribution in [1.29, 1.82) is 0 Å². The largest absolute Gasteiger partial charge is 0.488 e. The van der Waals surface area contributed by atoms with E-state index >= 15 is 0 Å². The summed E-state index contributed by atoms with van der Waals surface area (Å²) in [6.45, 7) is 2.58. The first-order valence-corrected chi connectivity index (χ1v) is 7.81. The van der Waals surface area contributed by atoms with E-state index in [1.807, 2.05) is 6.92 Å². The number of fused-ring (bicyclic) bond motifs is 1. The van der Waals surface area contributed by atoms with Gasteiger partial charge < -0.3 is 19.9 Å². The smallest absolute Gasteiger partial charge is 0.478 e. The van der Waals surface area contributed by atoms with E-state index in [0.717, 1.165) is 5.56 Å². The van der Waals surface area contributed by atoms with Crippen LogP contribution in [-0.2, 0) is 6.54 Å². The third-order valence-corrected chi connectivity index (χ3v) is 3.85. The second kappa shape index (κ2) is 6.96. The van der Waals surface area contributed by atoms with Crippen LogP contribution in [0.4, 0.5) is 0 Å². The van der Waals surface area contributed by atoms with Crippen LogP contribution in [0.2, 0.25) is 0 Å². The highest BCUT2D eigenvalue weighted by Gasteiger charge is 2.19. The summed E-state index contributed by atoms with van der Waals surface area (Å²) in [5.74, 6) is -1.03. The molecule has 0 bridgehead atoms. The van der Waals surface area contributed by atoms with Crippen molar-refractivity contribution >= 4 is 29.6 Å². The molecule has 0 aliphatic rings. The number of aromatic nitrogens is 2. The maximum atomic E-state index is 11.6. The number of carboxylic acid groups (broad SMARTS) is 1. The minimum atomic E-state index is -1.53. The molecular formula is C17H17BN2O5. The predicted molar refractivity (Wildman–Crippen MR) is 93.2 cm³/mol. The summed E-state index contributed by atoms with van der Waals surface area (Å²) >= 11 is 0. The number of ether oxygens (including phenoxy) is 1. The molecule has 7 nitrogen and oxygen atoms in total. The molecule has 128 valence electrons. The highest BCUT2D eigenvalue weighted by molar-refractivity contribution is 6.58. The summed E-state index contributed by atoms with van der Waals surface area (Å²) in [5, 5.41) is 27.8. The molecule has 2 aromatic carbocycles. The van der Waals surface area contributed by atoms with Gasteiger partial charge in [0.2, 0.25) is 0 Å². The normalized spacial score (nSPS) is 10.8. The summed E-state index contributed by atoms with van der Waals surface area (Å²) < 4.78 is 7.28. The van der Waals surface area contributed by atoms with Crippen LogP contribution in [0.3, 0.4) is 0 Å². The topological polar surface area (TPSA) is 105 Å². The molecule has 25 heavy (non-hydrogen) atoms. The van der Waals surface area contributed by atoms with Crippen LogP contribution in [0.5, 0.6) is 6.01 Å². The fourth-order valence-corrected chi connectivity index (χ4v) is 2.70. The third kappa shape index (κ3) is 3.35. The Morgan fingerprint density at radius 1 is 1.20 bits per heavy atom. The van der Waals surface area contributed by atoms with E-state index in [-0.39, 0.29) is 5.56 Å². The van der Waals surface area contributed by atoms with E-state index in [0.29, 0.717) is 35.7 Å². The van der Waals surface area contributed by atoms with Crippen LogP contribution >= 0.6 is 0 Å². The molecule has 0 aliphatic heterocycles. The Hall–Kier alpha value is -2.84. The van der Waals surface area contributed by atoms with Crippen molar-refractivity contribution in [2.45, 2.75) is 13.5 Å². The van der Waals surface area contributed by atoms with Crippen LogP contribution in [0.1, 0.15) is 22.8 Å². The predicted octanol–water partition coefficient (Wildman–Crippen LogP) is 0.861. The lowest BCUT2D eigenvalue weighted by atomic mass is 9.80. The molecule has 0 unspecified atom stereocenters. The highest BCUT2D eigenvalue weighted by Crippen LogP contribution is 2.26. The van der Waals surface area contributed by atoms with Gasteiger partial charge in [-0.2, -0.15) is 4.98 Å². The number of nitrogens with zero attached hydrogens (tertiary/aromatic N) is 2. The van der Waals surface area contributed by atoms with Gasteiger partial charge in [0, 0.05) is 0 Å². The van der Waals surface area contributed by atoms with Gasteiger partial charge in [-0.05, 0) is 30.1 Å². The Labute approximate surface area is 144 Å². The molecule has 3 rings (SSSR count). The molecule has 0 spiro atoms. The third-order valence-electron chi connectivity index (χ3n) is 3.85. The van der Waals surface area contributed by atoms with Crippen molar-refractivity contribution in [2.24, 2.45) is 0 Å². The fraction of sp³-hybridized carbons (Fsp3) is 0.176. The van der Waals surface area contributed by atoms with Crippen LogP contribution in [0.25, 0.3) is 11.0 Å². The Morgan fingerprint density at radius 2 is 1.92 bits per heavy atom. The molecule has 0 amide bonds. The van der Waals surface area contributed by atoms with E-state index < -0.39 is 13.1 Å². The van der Waals surface area contributed by atoms with Gasteiger partial charge in [-0.3, -0.25) is 4.57 Å². The van der Waals surface area contributed by atoms with E-state index in [4.69, 9.17) is 4.74 Å². The summed E-state index contributed by atoms with van der Waals surface area (Å²) in [5.41, 5.74) is 2.43. The first-order valence-electron chi connectivity index (χ1n) is 7.81. The van der Waals surface area contributed by atoms with Crippen LogP contribution in [0, 0.1) is 0 Å². The van der Waals surface area contributed by atoms with Gasteiger partial charge in [-0.25, -0.2) is 4.79 Å². The van der Waals surface area contributed by atoms with Gasteiger partial charge in [-0.15, -0.1) is 0 Å².